The summed E-state index contributed by atoms with van der Waals surface area (Å²) < 4.78 is 9.99. The lowest BCUT2D eigenvalue weighted by atomic mass is 10.2. The smallest absolute Gasteiger partial charge is 0.199 e. The Bertz CT molecular complexity index is 626. The van der Waals surface area contributed by atoms with Crippen LogP contribution in [0.2, 0.25) is 0 Å². The van der Waals surface area contributed by atoms with E-state index in [9.17, 15) is 9.90 Å². The van der Waals surface area contributed by atoms with Gasteiger partial charge in [-0.2, -0.15) is 0 Å². The first-order valence-corrected chi connectivity index (χ1v) is 6.74. The number of thiophene rings is 1. The van der Waals surface area contributed by atoms with Crippen LogP contribution in [0, 0.1) is 0 Å². The lowest BCUT2D eigenvalue weighted by Crippen LogP contribution is -1.91. The van der Waals surface area contributed by atoms with Crippen molar-refractivity contribution < 1.29 is 19.4 Å². The predicted molar refractivity (Wildman–Crippen MR) is 78.9 cm³/mol. The van der Waals surface area contributed by atoms with Crippen LogP contribution in [0.4, 0.5) is 0 Å². The van der Waals surface area contributed by atoms with Crippen molar-refractivity contribution in [3.63, 3.8) is 0 Å². The van der Waals surface area contributed by atoms with Crippen LogP contribution in [-0.4, -0.2) is 25.1 Å². The molecule has 0 unspecified atom stereocenters. The highest BCUT2D eigenvalue weighted by atomic mass is 32.1. The summed E-state index contributed by atoms with van der Waals surface area (Å²) >= 11 is 1.15. The van der Waals surface area contributed by atoms with Gasteiger partial charge in [0.1, 0.15) is 10.6 Å². The SMILES string of the molecule is COc1ccc(/C=C/C(=O)c2scc(OC)c2O)cc1. The monoisotopic (exact) mass is 290 g/mol. The van der Waals surface area contributed by atoms with Gasteiger partial charge in [0, 0.05) is 5.38 Å². The van der Waals surface area contributed by atoms with Crippen molar-refractivity contribution in [1.29, 1.82) is 0 Å². The topological polar surface area (TPSA) is 55.8 Å². The molecule has 2 rings (SSSR count). The number of aromatic hydroxyl groups is 1. The number of benzene rings is 1. The molecule has 0 fully saturated rings. The van der Waals surface area contributed by atoms with Crippen molar-refractivity contribution in [2.45, 2.75) is 0 Å². The molecule has 1 aromatic heterocycles. The van der Waals surface area contributed by atoms with Crippen molar-refractivity contribution in [2.75, 3.05) is 14.2 Å². The number of allylic oxidation sites excluding steroid dienone is 1. The highest BCUT2D eigenvalue weighted by Gasteiger charge is 2.15. The Morgan fingerprint density at radius 3 is 2.45 bits per heavy atom. The summed E-state index contributed by atoms with van der Waals surface area (Å²) in [6, 6.07) is 7.32. The molecule has 0 saturated carbocycles. The van der Waals surface area contributed by atoms with Crippen LogP contribution < -0.4 is 9.47 Å². The molecule has 1 aromatic carbocycles. The Kier molecular flexibility index (Phi) is 4.42. The quantitative estimate of drug-likeness (QED) is 0.677. The van der Waals surface area contributed by atoms with Gasteiger partial charge in [-0.25, -0.2) is 0 Å². The first-order valence-electron chi connectivity index (χ1n) is 5.86. The van der Waals surface area contributed by atoms with Crippen molar-refractivity contribution >= 4 is 23.2 Å². The maximum atomic E-state index is 12.0. The van der Waals surface area contributed by atoms with Crippen LogP contribution in [0.1, 0.15) is 15.2 Å². The second kappa shape index (κ2) is 6.25. The number of carbonyl (C=O) groups is 1. The molecule has 0 saturated heterocycles. The fraction of sp³-hybridized carbons (Fsp3) is 0.133. The second-order valence-electron chi connectivity index (χ2n) is 3.95. The van der Waals surface area contributed by atoms with Crippen molar-refractivity contribution in [3.8, 4) is 17.2 Å². The maximum absolute atomic E-state index is 12.0. The summed E-state index contributed by atoms with van der Waals surface area (Å²) in [6.07, 6.45) is 3.11. The fourth-order valence-electron chi connectivity index (χ4n) is 1.62. The van der Waals surface area contributed by atoms with Gasteiger partial charge in [-0.1, -0.05) is 18.2 Å². The van der Waals surface area contributed by atoms with Gasteiger partial charge < -0.3 is 14.6 Å². The zero-order chi connectivity index (χ0) is 14.5. The molecule has 0 bridgehead atoms. The van der Waals surface area contributed by atoms with E-state index in [4.69, 9.17) is 9.47 Å². The minimum Gasteiger partial charge on any atom is -0.503 e. The largest absolute Gasteiger partial charge is 0.503 e. The number of methoxy groups -OCH3 is 2. The summed E-state index contributed by atoms with van der Waals surface area (Å²) in [6.45, 7) is 0. The number of ether oxygens (including phenoxy) is 2. The second-order valence-corrected chi connectivity index (χ2v) is 4.83. The van der Waals surface area contributed by atoms with Gasteiger partial charge in [-0.15, -0.1) is 11.3 Å². The van der Waals surface area contributed by atoms with E-state index in [0.29, 0.717) is 5.75 Å². The van der Waals surface area contributed by atoms with E-state index in [2.05, 4.69) is 0 Å². The Morgan fingerprint density at radius 1 is 1.20 bits per heavy atom. The summed E-state index contributed by atoms with van der Waals surface area (Å²) in [5.74, 6) is 0.707. The first-order chi connectivity index (χ1) is 9.65. The molecule has 5 heteroatoms. The van der Waals surface area contributed by atoms with Crippen LogP contribution in [-0.2, 0) is 0 Å². The van der Waals surface area contributed by atoms with Gasteiger partial charge in [0.05, 0.1) is 14.2 Å². The summed E-state index contributed by atoms with van der Waals surface area (Å²) in [5.41, 5.74) is 0.877. The van der Waals surface area contributed by atoms with E-state index in [-0.39, 0.29) is 16.4 Å². The third kappa shape index (κ3) is 3.00. The molecule has 1 heterocycles. The van der Waals surface area contributed by atoms with E-state index in [1.165, 1.54) is 13.2 Å². The predicted octanol–water partition coefficient (Wildman–Crippen LogP) is 3.37. The van der Waals surface area contributed by atoms with E-state index >= 15 is 0 Å². The summed E-state index contributed by atoms with van der Waals surface area (Å²) in [7, 11) is 3.05. The lowest BCUT2D eigenvalue weighted by molar-refractivity contribution is 0.104. The molecule has 1 N–H and O–H groups in total. The molecule has 4 nitrogen and oxygen atoms in total. The van der Waals surface area contributed by atoms with Crippen molar-refractivity contribution in [1.82, 2.24) is 0 Å². The average molecular weight is 290 g/mol. The number of ketones is 1. The van der Waals surface area contributed by atoms with Gasteiger partial charge >= 0.3 is 0 Å². The van der Waals surface area contributed by atoms with Gasteiger partial charge in [-0.05, 0) is 23.8 Å². The Hall–Kier alpha value is -2.27. The Labute approximate surface area is 120 Å². The molecular formula is C15H14O4S. The third-order valence-corrected chi connectivity index (χ3v) is 3.68. The lowest BCUT2D eigenvalue weighted by Gasteiger charge is -1.99. The first kappa shape index (κ1) is 14.1. The molecule has 2 aromatic rings. The normalized spacial score (nSPS) is 10.7. The van der Waals surface area contributed by atoms with E-state index < -0.39 is 0 Å². The minimum atomic E-state index is -0.258. The van der Waals surface area contributed by atoms with Crippen molar-refractivity contribution in [2.24, 2.45) is 0 Å². The number of carbonyl (C=O) groups excluding carboxylic acids is 1. The minimum absolute atomic E-state index is 0.109. The Balaban J connectivity index is 2.13. The molecule has 20 heavy (non-hydrogen) atoms. The zero-order valence-corrected chi connectivity index (χ0v) is 11.9. The van der Waals surface area contributed by atoms with Crippen LogP contribution in [0.5, 0.6) is 17.2 Å². The molecule has 0 aliphatic heterocycles. The van der Waals surface area contributed by atoms with Crippen LogP contribution in [0.15, 0.2) is 35.7 Å². The third-order valence-electron chi connectivity index (χ3n) is 2.72. The van der Waals surface area contributed by atoms with E-state index in [1.54, 1.807) is 18.6 Å². The molecule has 0 spiro atoms. The van der Waals surface area contributed by atoms with E-state index in [0.717, 1.165) is 22.6 Å². The highest BCUT2D eigenvalue weighted by molar-refractivity contribution is 7.13. The molecular weight excluding hydrogens is 276 g/mol. The van der Waals surface area contributed by atoms with Gasteiger partial charge in [-0.3, -0.25) is 4.79 Å². The van der Waals surface area contributed by atoms with Gasteiger partial charge in [0.25, 0.3) is 0 Å². The molecule has 0 atom stereocenters. The Morgan fingerprint density at radius 2 is 1.90 bits per heavy atom. The fourth-order valence-corrected chi connectivity index (χ4v) is 2.45. The summed E-state index contributed by atoms with van der Waals surface area (Å²) in [4.78, 5) is 12.2. The number of hydrogen-bond acceptors (Lipinski definition) is 5. The zero-order valence-electron chi connectivity index (χ0n) is 11.1. The van der Waals surface area contributed by atoms with Crippen LogP contribution in [0.3, 0.4) is 0 Å². The van der Waals surface area contributed by atoms with Gasteiger partial charge in [0.2, 0.25) is 0 Å². The number of rotatable bonds is 5. The summed E-state index contributed by atoms with van der Waals surface area (Å²) in [5, 5.41) is 11.4. The molecule has 0 radical (unpaired) electrons. The standard InChI is InChI=1S/C15H14O4S/c1-18-11-6-3-10(4-7-11)5-8-12(16)15-14(17)13(19-2)9-20-15/h3-9,17H,1-2H3/b8-5+. The number of hydrogen-bond donors (Lipinski definition) is 1. The van der Waals surface area contributed by atoms with Gasteiger partial charge in [0.15, 0.2) is 17.3 Å². The average Bonchev–Trinajstić information content (AvgIpc) is 2.86. The maximum Gasteiger partial charge on any atom is 0.199 e. The molecule has 0 amide bonds. The van der Waals surface area contributed by atoms with Crippen LogP contribution >= 0.6 is 11.3 Å². The highest BCUT2D eigenvalue weighted by Crippen LogP contribution is 2.36. The molecule has 104 valence electrons. The molecule has 0 aliphatic carbocycles. The van der Waals surface area contributed by atoms with Crippen molar-refractivity contribution in [3.05, 3.63) is 46.2 Å². The van der Waals surface area contributed by atoms with E-state index in [1.807, 2.05) is 24.3 Å². The van der Waals surface area contributed by atoms with Crippen LogP contribution in [0.25, 0.3) is 6.08 Å². The molecule has 0 aliphatic rings.